The zero-order valence-electron chi connectivity index (χ0n) is 17.4. The third-order valence-corrected chi connectivity index (χ3v) is 5.80. The molecule has 0 unspecified atom stereocenters. The molecule has 1 aliphatic heterocycles. The molecule has 4 rings (SSSR count). The van der Waals surface area contributed by atoms with Crippen molar-refractivity contribution in [2.24, 2.45) is 5.92 Å². The predicted octanol–water partition coefficient (Wildman–Crippen LogP) is 3.02. The van der Waals surface area contributed by atoms with Crippen LogP contribution in [-0.2, 0) is 28.8 Å². The van der Waals surface area contributed by atoms with Crippen LogP contribution in [0.3, 0.4) is 0 Å². The zero-order valence-corrected chi connectivity index (χ0v) is 17.4. The molecule has 0 N–H and O–H groups in total. The molecule has 2 fully saturated rings. The summed E-state index contributed by atoms with van der Waals surface area (Å²) in [6.07, 6.45) is 0.999. The summed E-state index contributed by atoms with van der Waals surface area (Å²) < 4.78 is 45.7. The van der Waals surface area contributed by atoms with Crippen molar-refractivity contribution < 1.29 is 22.7 Å². The van der Waals surface area contributed by atoms with Gasteiger partial charge in [-0.05, 0) is 30.5 Å². The number of hydrogen-bond donors (Lipinski definition) is 0. The Morgan fingerprint density at radius 3 is 2.52 bits per heavy atom. The first kappa shape index (κ1) is 21.8. The van der Waals surface area contributed by atoms with Crippen molar-refractivity contribution in [3.05, 3.63) is 53.6 Å². The molecule has 168 valence electrons. The highest BCUT2D eigenvalue weighted by Crippen LogP contribution is 2.31. The smallest absolute Gasteiger partial charge is 0.379 e. The Kier molecular flexibility index (Phi) is 6.62. The van der Waals surface area contributed by atoms with Crippen LogP contribution in [-0.4, -0.2) is 64.7 Å². The number of aromatic nitrogens is 2. The van der Waals surface area contributed by atoms with Gasteiger partial charge in [-0.2, -0.15) is 13.2 Å². The zero-order chi connectivity index (χ0) is 21.8. The van der Waals surface area contributed by atoms with Gasteiger partial charge in [-0.25, -0.2) is 4.98 Å². The molecule has 6 nitrogen and oxygen atoms in total. The minimum Gasteiger partial charge on any atom is -0.379 e. The summed E-state index contributed by atoms with van der Waals surface area (Å²) in [5, 5.41) is 0. The van der Waals surface area contributed by atoms with E-state index >= 15 is 0 Å². The summed E-state index contributed by atoms with van der Waals surface area (Å²) >= 11 is 0. The van der Waals surface area contributed by atoms with Crippen LogP contribution >= 0.6 is 0 Å². The third kappa shape index (κ3) is 5.86. The number of nitrogens with zero attached hydrogens (tertiary/aromatic N) is 4. The van der Waals surface area contributed by atoms with Gasteiger partial charge < -0.3 is 14.2 Å². The summed E-state index contributed by atoms with van der Waals surface area (Å²) in [4.78, 5) is 21.4. The first-order valence-corrected chi connectivity index (χ1v) is 10.6. The van der Waals surface area contributed by atoms with E-state index < -0.39 is 11.7 Å². The van der Waals surface area contributed by atoms with E-state index in [9.17, 15) is 18.0 Å². The lowest BCUT2D eigenvalue weighted by Crippen LogP contribution is -2.43. The standard InChI is InChI=1S/C22H27F3N4O2/c23-22(24,25)19-5-1-17(2-6-19)15-28-8-7-26-20(28)16-29(21(30)18-3-4-18)10-9-27-11-13-31-14-12-27/h1-2,5-8,18H,3-4,9-16H2. The van der Waals surface area contributed by atoms with Crippen LogP contribution in [0.1, 0.15) is 29.8 Å². The quantitative estimate of drug-likeness (QED) is 0.639. The number of carbonyl (C=O) groups is 1. The summed E-state index contributed by atoms with van der Waals surface area (Å²) in [5.41, 5.74) is 0.0899. The van der Waals surface area contributed by atoms with Crippen molar-refractivity contribution in [2.45, 2.75) is 32.1 Å². The van der Waals surface area contributed by atoms with Gasteiger partial charge in [0, 0.05) is 51.0 Å². The number of amides is 1. The molecule has 2 heterocycles. The number of hydrogen-bond acceptors (Lipinski definition) is 4. The van der Waals surface area contributed by atoms with Crippen molar-refractivity contribution in [2.75, 3.05) is 39.4 Å². The van der Waals surface area contributed by atoms with Crippen molar-refractivity contribution in [1.29, 1.82) is 0 Å². The van der Waals surface area contributed by atoms with Crippen LogP contribution in [0.15, 0.2) is 36.7 Å². The molecule has 0 radical (unpaired) electrons. The van der Waals surface area contributed by atoms with Gasteiger partial charge in [-0.3, -0.25) is 9.69 Å². The van der Waals surface area contributed by atoms with E-state index in [0.717, 1.165) is 56.0 Å². The largest absolute Gasteiger partial charge is 0.416 e. The summed E-state index contributed by atoms with van der Waals surface area (Å²) in [6, 6.07) is 5.16. The average Bonchev–Trinajstić information content (AvgIpc) is 3.52. The Morgan fingerprint density at radius 2 is 1.87 bits per heavy atom. The number of imidazole rings is 1. The van der Waals surface area contributed by atoms with E-state index in [0.29, 0.717) is 32.8 Å². The minimum absolute atomic E-state index is 0.114. The Balaban J connectivity index is 1.41. The molecular weight excluding hydrogens is 409 g/mol. The van der Waals surface area contributed by atoms with E-state index in [-0.39, 0.29) is 11.8 Å². The lowest BCUT2D eigenvalue weighted by Gasteiger charge is -2.30. The highest BCUT2D eigenvalue weighted by Gasteiger charge is 2.34. The second-order valence-corrected chi connectivity index (χ2v) is 8.15. The van der Waals surface area contributed by atoms with Gasteiger partial charge in [0.05, 0.1) is 25.3 Å². The van der Waals surface area contributed by atoms with E-state index in [2.05, 4.69) is 9.88 Å². The molecule has 9 heteroatoms. The van der Waals surface area contributed by atoms with Gasteiger partial charge in [-0.15, -0.1) is 0 Å². The number of carbonyl (C=O) groups excluding carboxylic acids is 1. The van der Waals surface area contributed by atoms with Crippen LogP contribution in [0.2, 0.25) is 0 Å². The lowest BCUT2D eigenvalue weighted by molar-refractivity contribution is -0.137. The van der Waals surface area contributed by atoms with Crippen molar-refractivity contribution in [1.82, 2.24) is 19.4 Å². The number of alkyl halides is 3. The Bertz CT molecular complexity index is 872. The fraction of sp³-hybridized carbons (Fsp3) is 0.545. The van der Waals surface area contributed by atoms with Gasteiger partial charge in [0.2, 0.25) is 5.91 Å². The Hall–Kier alpha value is -2.39. The monoisotopic (exact) mass is 436 g/mol. The van der Waals surface area contributed by atoms with Crippen LogP contribution in [0.4, 0.5) is 13.2 Å². The van der Waals surface area contributed by atoms with Gasteiger partial charge in [0.15, 0.2) is 0 Å². The molecule has 2 aromatic rings. The molecule has 0 atom stereocenters. The maximum Gasteiger partial charge on any atom is 0.416 e. The molecule has 1 saturated carbocycles. The fourth-order valence-electron chi connectivity index (χ4n) is 3.74. The molecule has 0 bridgehead atoms. The molecule has 31 heavy (non-hydrogen) atoms. The second kappa shape index (κ2) is 9.40. The molecule has 0 spiro atoms. The number of benzene rings is 1. The van der Waals surface area contributed by atoms with Gasteiger partial charge in [0.25, 0.3) is 0 Å². The maximum absolute atomic E-state index is 12.8. The number of ether oxygens (including phenoxy) is 1. The number of rotatable bonds is 8. The van der Waals surface area contributed by atoms with Crippen molar-refractivity contribution >= 4 is 5.91 Å². The average molecular weight is 436 g/mol. The van der Waals surface area contributed by atoms with E-state index in [1.807, 2.05) is 9.47 Å². The molecule has 2 aliphatic rings. The van der Waals surface area contributed by atoms with Crippen LogP contribution in [0.5, 0.6) is 0 Å². The third-order valence-electron chi connectivity index (χ3n) is 5.80. The molecule has 1 aliphatic carbocycles. The molecule has 1 aromatic heterocycles. The molecular formula is C22H27F3N4O2. The summed E-state index contributed by atoms with van der Waals surface area (Å²) in [5.74, 6) is 1.01. The van der Waals surface area contributed by atoms with Crippen molar-refractivity contribution in [3.8, 4) is 0 Å². The van der Waals surface area contributed by atoms with E-state index in [1.54, 1.807) is 12.4 Å². The van der Waals surface area contributed by atoms with Gasteiger partial charge >= 0.3 is 6.18 Å². The highest BCUT2D eigenvalue weighted by molar-refractivity contribution is 5.81. The molecule has 1 amide bonds. The summed E-state index contributed by atoms with van der Waals surface area (Å²) in [6.45, 7) is 5.39. The normalized spacial score (nSPS) is 17.6. The maximum atomic E-state index is 12.8. The van der Waals surface area contributed by atoms with Crippen LogP contribution in [0, 0.1) is 5.92 Å². The lowest BCUT2D eigenvalue weighted by atomic mass is 10.1. The molecule has 1 aromatic carbocycles. The summed E-state index contributed by atoms with van der Waals surface area (Å²) in [7, 11) is 0. The van der Waals surface area contributed by atoms with Crippen LogP contribution < -0.4 is 0 Å². The first-order chi connectivity index (χ1) is 14.9. The number of halogens is 3. The molecule has 1 saturated heterocycles. The Morgan fingerprint density at radius 1 is 1.16 bits per heavy atom. The minimum atomic E-state index is -4.34. The second-order valence-electron chi connectivity index (χ2n) is 8.15. The van der Waals surface area contributed by atoms with E-state index in [4.69, 9.17) is 4.74 Å². The first-order valence-electron chi connectivity index (χ1n) is 10.6. The van der Waals surface area contributed by atoms with Gasteiger partial charge in [-0.1, -0.05) is 12.1 Å². The topological polar surface area (TPSA) is 50.6 Å². The Labute approximate surface area is 179 Å². The van der Waals surface area contributed by atoms with Gasteiger partial charge in [0.1, 0.15) is 5.82 Å². The number of morpholine rings is 1. The predicted molar refractivity (Wildman–Crippen MR) is 108 cm³/mol. The fourth-order valence-corrected chi connectivity index (χ4v) is 3.74. The van der Waals surface area contributed by atoms with E-state index in [1.165, 1.54) is 12.1 Å². The highest BCUT2D eigenvalue weighted by atomic mass is 19.4. The van der Waals surface area contributed by atoms with Crippen molar-refractivity contribution in [3.63, 3.8) is 0 Å². The SMILES string of the molecule is O=C(C1CC1)N(CCN1CCOCC1)Cc1nccn1Cc1ccc(C(F)(F)F)cc1. The van der Waals surface area contributed by atoms with Crippen LogP contribution in [0.25, 0.3) is 0 Å².